The molecule has 0 aliphatic heterocycles. The molecule has 1 unspecified atom stereocenters. The van der Waals surface area contributed by atoms with E-state index < -0.39 is 23.4 Å². The summed E-state index contributed by atoms with van der Waals surface area (Å²) in [6, 6.07) is 11.2. The second kappa shape index (κ2) is 9.29. The lowest BCUT2D eigenvalue weighted by Crippen LogP contribution is -2.34. The van der Waals surface area contributed by atoms with Gasteiger partial charge in [0.15, 0.2) is 5.92 Å². The van der Waals surface area contributed by atoms with E-state index in [1.54, 1.807) is 57.2 Å². The predicted molar refractivity (Wildman–Crippen MR) is 112 cm³/mol. The zero-order valence-electron chi connectivity index (χ0n) is 16.3. The summed E-state index contributed by atoms with van der Waals surface area (Å²) in [6.45, 7) is 5.35. The second-order valence-electron chi connectivity index (χ2n) is 7.42. The van der Waals surface area contributed by atoms with Crippen LogP contribution in [0.25, 0.3) is 0 Å². The molecule has 0 saturated heterocycles. The lowest BCUT2D eigenvalue weighted by Gasteiger charge is -2.22. The molecule has 0 heterocycles. The predicted octanol–water partition coefficient (Wildman–Crippen LogP) is 3.83. The van der Waals surface area contributed by atoms with Gasteiger partial charge in [0.25, 0.3) is 5.91 Å². The van der Waals surface area contributed by atoms with E-state index in [-0.39, 0.29) is 18.0 Å². The fraction of sp³-hybridized carbons (Fsp3) is 0.286. The Morgan fingerprint density at radius 3 is 2.24 bits per heavy atom. The lowest BCUT2D eigenvalue weighted by atomic mass is 9.97. The number of hydrogen-bond donors (Lipinski definition) is 2. The molecule has 0 fully saturated rings. The number of ether oxygens (including phenoxy) is 1. The number of carbonyl (C=O) groups is 3. The van der Waals surface area contributed by atoms with Gasteiger partial charge in [0.05, 0.1) is 10.6 Å². The lowest BCUT2D eigenvalue weighted by molar-refractivity contribution is -0.158. The molecule has 3 N–H and O–H groups in total. The first-order chi connectivity index (χ1) is 13.5. The van der Waals surface area contributed by atoms with E-state index in [1.165, 1.54) is 6.07 Å². The Balaban J connectivity index is 2.08. The largest absolute Gasteiger partial charge is 0.459 e. The average molecular weight is 437 g/mol. The van der Waals surface area contributed by atoms with Gasteiger partial charge in [-0.25, -0.2) is 0 Å². The van der Waals surface area contributed by atoms with Gasteiger partial charge in [-0.05, 0) is 50.1 Å². The Labute approximate surface area is 179 Å². The molecule has 2 amide bonds. The summed E-state index contributed by atoms with van der Waals surface area (Å²) in [7, 11) is 0. The van der Waals surface area contributed by atoms with Crippen molar-refractivity contribution < 1.29 is 19.1 Å². The maximum atomic E-state index is 12.3. The summed E-state index contributed by atoms with van der Waals surface area (Å²) in [5.41, 5.74) is 6.10. The van der Waals surface area contributed by atoms with E-state index in [2.05, 4.69) is 5.32 Å². The summed E-state index contributed by atoms with van der Waals surface area (Å²) in [4.78, 5) is 36.4. The summed E-state index contributed by atoms with van der Waals surface area (Å²) in [5.74, 6) is -3.08. The number of nitrogens with two attached hydrogens (primary N) is 1. The zero-order valence-corrected chi connectivity index (χ0v) is 17.8. The molecule has 2 aromatic rings. The highest BCUT2D eigenvalue weighted by atomic mass is 35.5. The molecule has 6 nitrogen and oxygen atoms in total. The monoisotopic (exact) mass is 436 g/mol. The number of nitrogens with one attached hydrogen (secondary N) is 1. The van der Waals surface area contributed by atoms with Crippen molar-refractivity contribution in [3.63, 3.8) is 0 Å². The molecule has 0 spiro atoms. The molecule has 0 saturated carbocycles. The molecule has 0 aliphatic carbocycles. The number of benzene rings is 2. The van der Waals surface area contributed by atoms with Gasteiger partial charge < -0.3 is 15.8 Å². The molecular formula is C21H22Cl2N2O4. The maximum Gasteiger partial charge on any atom is 0.323 e. The van der Waals surface area contributed by atoms with E-state index in [0.717, 1.165) is 5.56 Å². The van der Waals surface area contributed by atoms with Crippen molar-refractivity contribution in [2.24, 2.45) is 5.73 Å². The standard InChI is InChI=1S/C21H22Cl2N2O4/c1-21(2,3)29-20(28)17(18(24)26)13-6-4-12(5-7-13)11-25-19(27)15-10-14(22)8-9-16(15)23/h4-10,17H,11H2,1-3H3,(H2,24,26)(H,25,27). The summed E-state index contributed by atoms with van der Waals surface area (Å²) >= 11 is 11.9. The highest BCUT2D eigenvalue weighted by Crippen LogP contribution is 2.22. The van der Waals surface area contributed by atoms with Crippen LogP contribution in [0.4, 0.5) is 0 Å². The highest BCUT2D eigenvalue weighted by molar-refractivity contribution is 6.35. The molecule has 2 rings (SSSR count). The van der Waals surface area contributed by atoms with Gasteiger partial charge >= 0.3 is 5.97 Å². The number of hydrogen-bond acceptors (Lipinski definition) is 4. The minimum absolute atomic E-state index is 0.218. The van der Waals surface area contributed by atoms with Crippen LogP contribution >= 0.6 is 23.2 Å². The van der Waals surface area contributed by atoms with Crippen LogP contribution in [0.1, 0.15) is 48.2 Å². The first kappa shape index (κ1) is 22.7. The first-order valence-electron chi connectivity index (χ1n) is 8.82. The Morgan fingerprint density at radius 1 is 1.07 bits per heavy atom. The van der Waals surface area contributed by atoms with E-state index in [4.69, 9.17) is 33.7 Å². The third kappa shape index (κ3) is 6.48. The Kier molecular flexibility index (Phi) is 7.27. The molecular weight excluding hydrogens is 415 g/mol. The maximum absolute atomic E-state index is 12.3. The Morgan fingerprint density at radius 2 is 1.69 bits per heavy atom. The molecule has 2 aromatic carbocycles. The Bertz CT molecular complexity index is 921. The van der Waals surface area contributed by atoms with E-state index in [9.17, 15) is 14.4 Å². The quantitative estimate of drug-likeness (QED) is 0.530. The molecule has 0 bridgehead atoms. The molecule has 0 aliphatic rings. The van der Waals surface area contributed by atoms with Gasteiger partial charge in [0.1, 0.15) is 5.60 Å². The normalized spacial score (nSPS) is 12.2. The molecule has 0 aromatic heterocycles. The van der Waals surface area contributed by atoms with Gasteiger partial charge in [-0.15, -0.1) is 0 Å². The highest BCUT2D eigenvalue weighted by Gasteiger charge is 2.31. The second-order valence-corrected chi connectivity index (χ2v) is 8.26. The SMILES string of the molecule is CC(C)(C)OC(=O)C(C(N)=O)c1ccc(CNC(=O)c2cc(Cl)ccc2Cl)cc1. The van der Waals surface area contributed by atoms with Crippen molar-refractivity contribution in [3.8, 4) is 0 Å². The minimum Gasteiger partial charge on any atom is -0.459 e. The van der Waals surface area contributed by atoms with Gasteiger partial charge in [0.2, 0.25) is 5.91 Å². The van der Waals surface area contributed by atoms with Gasteiger partial charge in [0, 0.05) is 11.6 Å². The van der Waals surface area contributed by atoms with Crippen LogP contribution in [0.15, 0.2) is 42.5 Å². The fourth-order valence-corrected chi connectivity index (χ4v) is 2.93. The summed E-state index contributed by atoms with van der Waals surface area (Å²) in [6.07, 6.45) is 0. The van der Waals surface area contributed by atoms with Crippen LogP contribution in [0, 0.1) is 0 Å². The fourth-order valence-electron chi connectivity index (χ4n) is 2.55. The van der Waals surface area contributed by atoms with Crippen molar-refractivity contribution in [3.05, 3.63) is 69.2 Å². The smallest absolute Gasteiger partial charge is 0.323 e. The number of carbonyl (C=O) groups excluding carboxylic acids is 3. The average Bonchev–Trinajstić information content (AvgIpc) is 2.61. The van der Waals surface area contributed by atoms with Crippen molar-refractivity contribution in [1.82, 2.24) is 5.32 Å². The van der Waals surface area contributed by atoms with Gasteiger partial charge in [-0.2, -0.15) is 0 Å². The molecule has 154 valence electrons. The number of amides is 2. The van der Waals surface area contributed by atoms with Gasteiger partial charge in [-0.1, -0.05) is 47.5 Å². The summed E-state index contributed by atoms with van der Waals surface area (Å²) < 4.78 is 5.27. The van der Waals surface area contributed by atoms with E-state index in [0.29, 0.717) is 15.6 Å². The number of rotatable bonds is 6. The van der Waals surface area contributed by atoms with Crippen molar-refractivity contribution >= 4 is 41.0 Å². The number of primary amides is 1. The van der Waals surface area contributed by atoms with Crippen LogP contribution in [0.3, 0.4) is 0 Å². The number of esters is 1. The third-order valence-electron chi connectivity index (χ3n) is 3.87. The van der Waals surface area contributed by atoms with E-state index in [1.807, 2.05) is 0 Å². The van der Waals surface area contributed by atoms with Crippen LogP contribution in [-0.2, 0) is 20.9 Å². The van der Waals surface area contributed by atoms with Crippen molar-refractivity contribution in [2.45, 2.75) is 38.8 Å². The Hall–Kier alpha value is -2.57. The van der Waals surface area contributed by atoms with E-state index >= 15 is 0 Å². The van der Waals surface area contributed by atoms with Gasteiger partial charge in [-0.3, -0.25) is 14.4 Å². The molecule has 1 atom stereocenters. The number of halogens is 2. The molecule has 0 radical (unpaired) electrons. The van der Waals surface area contributed by atoms with Crippen LogP contribution in [0.2, 0.25) is 10.0 Å². The van der Waals surface area contributed by atoms with Crippen molar-refractivity contribution in [2.75, 3.05) is 0 Å². The van der Waals surface area contributed by atoms with Crippen LogP contribution in [0.5, 0.6) is 0 Å². The minimum atomic E-state index is -1.21. The molecule has 29 heavy (non-hydrogen) atoms. The molecule has 8 heteroatoms. The topological polar surface area (TPSA) is 98.5 Å². The third-order valence-corrected chi connectivity index (χ3v) is 4.43. The first-order valence-corrected chi connectivity index (χ1v) is 9.58. The zero-order chi connectivity index (χ0) is 21.8. The van der Waals surface area contributed by atoms with Crippen LogP contribution < -0.4 is 11.1 Å². The summed E-state index contributed by atoms with van der Waals surface area (Å²) in [5, 5.41) is 3.44. The van der Waals surface area contributed by atoms with Crippen molar-refractivity contribution in [1.29, 1.82) is 0 Å². The van der Waals surface area contributed by atoms with Crippen LogP contribution in [-0.4, -0.2) is 23.4 Å².